The van der Waals surface area contributed by atoms with E-state index in [-0.39, 0.29) is 5.97 Å². The highest BCUT2D eigenvalue weighted by atomic mass is 31.2. The summed E-state index contributed by atoms with van der Waals surface area (Å²) in [7, 11) is -1.88. The minimum absolute atomic E-state index is 0.251. The molecule has 142 valence electrons. The molecule has 0 aliphatic heterocycles. The number of carbonyl (C=O) groups excluding carboxylic acids is 1. The molecule has 0 unspecified atom stereocenters. The Bertz CT molecular complexity index is 822. The summed E-state index contributed by atoms with van der Waals surface area (Å²) in [5.41, 5.74) is 1.23. The van der Waals surface area contributed by atoms with Crippen molar-refractivity contribution in [1.29, 1.82) is 0 Å². The summed E-state index contributed by atoms with van der Waals surface area (Å²) in [6.07, 6.45) is 2.94. The van der Waals surface area contributed by atoms with Crippen LogP contribution in [0.1, 0.15) is 13.8 Å². The molecule has 3 aromatic rings. The van der Waals surface area contributed by atoms with Crippen LogP contribution in [0.5, 0.6) is 0 Å². The first kappa shape index (κ1) is 20.0. The van der Waals surface area contributed by atoms with E-state index < -0.39 is 7.26 Å². The molecule has 3 heteroatoms. The topological polar surface area (TPSA) is 26.3 Å². The summed E-state index contributed by atoms with van der Waals surface area (Å²) in [5, 5.41) is 4.06. The third kappa shape index (κ3) is 4.58. The Balaban J connectivity index is 2.15. The van der Waals surface area contributed by atoms with Crippen molar-refractivity contribution >= 4 is 29.1 Å². The van der Waals surface area contributed by atoms with E-state index in [0.717, 1.165) is 6.16 Å². The third-order valence-electron chi connectivity index (χ3n) is 4.80. The molecular formula is C25H26O2P+. The van der Waals surface area contributed by atoms with E-state index in [0.29, 0.717) is 6.61 Å². The summed E-state index contributed by atoms with van der Waals surface area (Å²) in [6.45, 7) is 3.89. The van der Waals surface area contributed by atoms with Crippen molar-refractivity contribution in [3.8, 4) is 0 Å². The minimum atomic E-state index is -1.88. The second kappa shape index (κ2) is 9.48. The van der Waals surface area contributed by atoms with Gasteiger partial charge < -0.3 is 4.74 Å². The summed E-state index contributed by atoms with van der Waals surface area (Å²) in [4.78, 5) is 11.1. The van der Waals surface area contributed by atoms with Gasteiger partial charge in [0.05, 0.1) is 6.16 Å². The lowest BCUT2D eigenvalue weighted by Gasteiger charge is -2.28. The zero-order valence-electron chi connectivity index (χ0n) is 16.4. The first-order chi connectivity index (χ1) is 13.6. The van der Waals surface area contributed by atoms with Crippen molar-refractivity contribution in [3.63, 3.8) is 0 Å². The van der Waals surface area contributed by atoms with Gasteiger partial charge in [-0.05, 0) is 55.0 Å². The molecule has 0 radical (unpaired) electrons. The average molecular weight is 389 g/mol. The van der Waals surface area contributed by atoms with Gasteiger partial charge in [0.15, 0.2) is 0 Å². The van der Waals surface area contributed by atoms with Gasteiger partial charge in [-0.3, -0.25) is 4.79 Å². The first-order valence-corrected chi connectivity index (χ1v) is 11.4. The van der Waals surface area contributed by atoms with Crippen LogP contribution < -0.4 is 15.9 Å². The highest BCUT2D eigenvalue weighted by Crippen LogP contribution is 2.56. The van der Waals surface area contributed by atoms with E-state index in [2.05, 4.69) is 97.9 Å². The van der Waals surface area contributed by atoms with Gasteiger partial charge in [-0.2, -0.15) is 0 Å². The van der Waals surface area contributed by atoms with Crippen LogP contribution in [0, 0.1) is 0 Å². The maximum atomic E-state index is 11.1. The summed E-state index contributed by atoms with van der Waals surface area (Å²) < 4.78 is 5.14. The Labute approximate surface area is 168 Å². The molecule has 0 N–H and O–H groups in total. The fourth-order valence-corrected chi connectivity index (χ4v) is 7.87. The van der Waals surface area contributed by atoms with Gasteiger partial charge in [-0.1, -0.05) is 54.6 Å². The van der Waals surface area contributed by atoms with Gasteiger partial charge in [0.2, 0.25) is 0 Å². The van der Waals surface area contributed by atoms with Crippen LogP contribution in [0.4, 0.5) is 0 Å². The number of esters is 1. The molecule has 2 nitrogen and oxygen atoms in total. The molecule has 0 bridgehead atoms. The Hall–Kier alpha value is -2.70. The van der Waals surface area contributed by atoms with Gasteiger partial charge >= 0.3 is 5.97 Å². The van der Waals surface area contributed by atoms with Gasteiger partial charge in [0.1, 0.15) is 29.8 Å². The monoisotopic (exact) mass is 389 g/mol. The second-order valence-electron chi connectivity index (χ2n) is 6.83. The lowest BCUT2D eigenvalue weighted by molar-refractivity contribution is -0.139. The molecule has 0 saturated heterocycles. The van der Waals surface area contributed by atoms with Crippen LogP contribution in [-0.4, -0.2) is 18.7 Å². The van der Waals surface area contributed by atoms with Crippen molar-refractivity contribution in [2.24, 2.45) is 0 Å². The summed E-state index contributed by atoms with van der Waals surface area (Å²) >= 11 is 0. The Kier molecular flexibility index (Phi) is 6.79. The van der Waals surface area contributed by atoms with Crippen LogP contribution in [0.3, 0.4) is 0 Å². The highest BCUT2D eigenvalue weighted by Gasteiger charge is 2.45. The zero-order chi connectivity index (χ0) is 19.8. The van der Waals surface area contributed by atoms with Gasteiger partial charge in [0.25, 0.3) is 0 Å². The molecule has 0 heterocycles. The number of allylic oxidation sites excluding steroid dienone is 1. The number of hydrogen-bond donors (Lipinski definition) is 0. The van der Waals surface area contributed by atoms with Gasteiger partial charge in [0, 0.05) is 6.92 Å². The Morgan fingerprint density at radius 3 is 1.50 bits per heavy atom. The molecule has 0 saturated carbocycles. The van der Waals surface area contributed by atoms with E-state index in [1.807, 2.05) is 6.08 Å². The standard InChI is InChI=1S/C25H26O2P/c1-21(18-19-27-22(2)26)20-28(23-12-6-3-7-13-23,24-14-8-4-9-15-24)25-16-10-5-11-17-25/h3-18H,19-20H2,1-2H3/q+1/b21-18-. The minimum Gasteiger partial charge on any atom is -0.462 e. The summed E-state index contributed by atoms with van der Waals surface area (Å²) in [6, 6.07) is 32.4. The molecule has 28 heavy (non-hydrogen) atoms. The van der Waals surface area contributed by atoms with E-state index >= 15 is 0 Å². The smallest absolute Gasteiger partial charge is 0.302 e. The van der Waals surface area contributed by atoms with E-state index in [1.54, 1.807) is 0 Å². The third-order valence-corrected chi connectivity index (χ3v) is 9.31. The molecule has 3 rings (SSSR count). The van der Waals surface area contributed by atoms with Crippen LogP contribution in [0.2, 0.25) is 0 Å². The highest BCUT2D eigenvalue weighted by molar-refractivity contribution is 7.95. The van der Waals surface area contributed by atoms with Crippen molar-refractivity contribution < 1.29 is 9.53 Å². The zero-order valence-corrected chi connectivity index (χ0v) is 17.3. The maximum Gasteiger partial charge on any atom is 0.302 e. The molecule has 0 spiro atoms. The number of ether oxygens (including phenoxy) is 1. The Morgan fingerprint density at radius 2 is 1.14 bits per heavy atom. The van der Waals surface area contributed by atoms with Crippen LogP contribution in [-0.2, 0) is 9.53 Å². The second-order valence-corrected chi connectivity index (χ2v) is 10.3. The maximum absolute atomic E-state index is 11.1. The molecular weight excluding hydrogens is 363 g/mol. The average Bonchev–Trinajstić information content (AvgIpc) is 2.74. The number of rotatable bonds is 7. The van der Waals surface area contributed by atoms with Crippen LogP contribution in [0.25, 0.3) is 0 Å². The predicted octanol–water partition coefficient (Wildman–Crippen LogP) is 4.49. The van der Waals surface area contributed by atoms with Crippen molar-refractivity contribution in [2.75, 3.05) is 12.8 Å². The number of carbonyl (C=O) groups is 1. The molecule has 0 aliphatic carbocycles. The predicted molar refractivity (Wildman–Crippen MR) is 120 cm³/mol. The van der Waals surface area contributed by atoms with Crippen LogP contribution >= 0.6 is 7.26 Å². The molecule has 3 aromatic carbocycles. The van der Waals surface area contributed by atoms with E-state index in [4.69, 9.17) is 4.74 Å². The summed E-state index contributed by atoms with van der Waals surface area (Å²) in [5.74, 6) is -0.251. The number of benzene rings is 3. The van der Waals surface area contributed by atoms with E-state index in [1.165, 1.54) is 28.4 Å². The van der Waals surface area contributed by atoms with Crippen molar-refractivity contribution in [3.05, 3.63) is 103 Å². The van der Waals surface area contributed by atoms with Gasteiger partial charge in [-0.15, -0.1) is 0 Å². The first-order valence-electron chi connectivity index (χ1n) is 9.47. The van der Waals surface area contributed by atoms with E-state index in [9.17, 15) is 4.79 Å². The SMILES string of the molecule is CC(=O)OC/C=C(/C)C[P+](c1ccccc1)(c1ccccc1)c1ccccc1. The number of hydrogen-bond acceptors (Lipinski definition) is 2. The molecule has 0 aliphatic rings. The van der Waals surface area contributed by atoms with Crippen molar-refractivity contribution in [2.45, 2.75) is 13.8 Å². The lowest BCUT2D eigenvalue weighted by atomic mass is 10.3. The quantitative estimate of drug-likeness (QED) is 0.338. The fourth-order valence-electron chi connectivity index (χ4n) is 3.51. The van der Waals surface area contributed by atoms with Crippen LogP contribution in [0.15, 0.2) is 103 Å². The van der Waals surface area contributed by atoms with Gasteiger partial charge in [-0.25, -0.2) is 0 Å². The Morgan fingerprint density at radius 1 is 0.750 bits per heavy atom. The largest absolute Gasteiger partial charge is 0.462 e. The molecule has 0 amide bonds. The molecule has 0 aromatic heterocycles. The lowest BCUT2D eigenvalue weighted by Crippen LogP contribution is -2.33. The molecule has 0 fully saturated rings. The normalized spacial score (nSPS) is 11.9. The molecule has 0 atom stereocenters. The fraction of sp³-hybridized carbons (Fsp3) is 0.160. The van der Waals surface area contributed by atoms with Crippen molar-refractivity contribution in [1.82, 2.24) is 0 Å².